The zero-order chi connectivity index (χ0) is 22.8. The number of carbonyl (C=O) groups excluding carboxylic acids is 5. The van der Waals surface area contributed by atoms with Crippen LogP contribution in [0, 0.1) is 0 Å². The number of nitrogen functional groups attached to an aromatic ring is 1. The van der Waals surface area contributed by atoms with Crippen molar-refractivity contribution in [3.63, 3.8) is 0 Å². The van der Waals surface area contributed by atoms with E-state index in [4.69, 9.17) is 10.5 Å². The van der Waals surface area contributed by atoms with Crippen LogP contribution < -0.4 is 5.73 Å². The zero-order valence-electron chi connectivity index (χ0n) is 17.7. The van der Waals surface area contributed by atoms with Gasteiger partial charge in [0.25, 0.3) is 17.7 Å². The Balaban J connectivity index is 1.37. The molecule has 1 aromatic carbocycles. The molecule has 0 aliphatic carbocycles. The number of piperidine rings is 2. The first-order chi connectivity index (χ1) is 15.4. The van der Waals surface area contributed by atoms with Crippen LogP contribution in [0.3, 0.4) is 0 Å². The fraction of sp³-hybridized carbons (Fsp3) is 0.500. The molecule has 2 saturated heterocycles. The number of likely N-dealkylation sites (tertiary alicyclic amines) is 2. The van der Waals surface area contributed by atoms with Crippen molar-refractivity contribution in [3.8, 4) is 0 Å². The third-order valence-electron chi connectivity index (χ3n) is 6.12. The number of imide groups is 2. The summed E-state index contributed by atoms with van der Waals surface area (Å²) in [5, 5.41) is 0. The molecular formula is C22H26N4O6. The highest BCUT2D eigenvalue weighted by Crippen LogP contribution is 2.30. The number of amides is 4. The molecule has 32 heavy (non-hydrogen) atoms. The quantitative estimate of drug-likeness (QED) is 0.381. The van der Waals surface area contributed by atoms with Crippen LogP contribution in [-0.2, 0) is 19.1 Å². The Kier molecular flexibility index (Phi) is 6.22. The summed E-state index contributed by atoms with van der Waals surface area (Å²) in [6, 6.07) is 3.31. The van der Waals surface area contributed by atoms with Gasteiger partial charge in [-0.1, -0.05) is 6.42 Å². The lowest BCUT2D eigenvalue weighted by Crippen LogP contribution is -2.56. The predicted molar refractivity (Wildman–Crippen MR) is 112 cm³/mol. The number of esters is 1. The molecule has 10 heteroatoms. The first-order valence-electron chi connectivity index (χ1n) is 10.9. The Morgan fingerprint density at radius 1 is 1.03 bits per heavy atom. The molecule has 2 N–H and O–H groups in total. The van der Waals surface area contributed by atoms with E-state index in [0.717, 1.165) is 42.2 Å². The molecule has 10 nitrogen and oxygen atoms in total. The third kappa shape index (κ3) is 4.22. The van der Waals surface area contributed by atoms with Crippen LogP contribution in [0.5, 0.6) is 0 Å². The molecule has 3 heterocycles. The number of rotatable bonds is 6. The first-order valence-corrected chi connectivity index (χ1v) is 10.9. The predicted octanol–water partition coefficient (Wildman–Crippen LogP) is 0.412. The molecule has 0 aromatic heterocycles. The number of carbonyl (C=O) groups is 5. The maximum absolute atomic E-state index is 13.0. The lowest BCUT2D eigenvalue weighted by Gasteiger charge is -2.34. The summed E-state index contributed by atoms with van der Waals surface area (Å²) in [5.41, 5.74) is 6.40. The van der Waals surface area contributed by atoms with Crippen molar-refractivity contribution < 1.29 is 28.7 Å². The summed E-state index contributed by atoms with van der Waals surface area (Å²) in [6.45, 7) is 1.64. The normalized spacial score (nSPS) is 21.8. The molecule has 0 radical (unpaired) electrons. The van der Waals surface area contributed by atoms with Crippen molar-refractivity contribution in [1.82, 2.24) is 14.7 Å². The average molecular weight is 442 g/mol. The molecule has 1 atom stereocenters. The van der Waals surface area contributed by atoms with Gasteiger partial charge in [0.15, 0.2) is 0 Å². The van der Waals surface area contributed by atoms with Crippen molar-refractivity contribution in [1.29, 1.82) is 0 Å². The van der Waals surface area contributed by atoms with Gasteiger partial charge in [-0.3, -0.25) is 38.7 Å². The zero-order valence-corrected chi connectivity index (χ0v) is 17.7. The van der Waals surface area contributed by atoms with Crippen molar-refractivity contribution in [2.24, 2.45) is 0 Å². The molecule has 1 aromatic rings. The summed E-state index contributed by atoms with van der Waals surface area (Å²) < 4.78 is 5.22. The number of fused-ring (bicyclic) bond motifs is 1. The number of benzene rings is 1. The molecular weight excluding hydrogens is 416 g/mol. The fourth-order valence-corrected chi connectivity index (χ4v) is 4.45. The maximum atomic E-state index is 13.0. The van der Waals surface area contributed by atoms with Crippen molar-refractivity contribution >= 4 is 35.3 Å². The van der Waals surface area contributed by atoms with Crippen LogP contribution in [0.1, 0.15) is 52.8 Å². The number of hydrogen-bond acceptors (Lipinski definition) is 8. The lowest BCUT2D eigenvalue weighted by molar-refractivity contribution is -0.156. The van der Waals surface area contributed by atoms with E-state index in [1.54, 1.807) is 0 Å². The van der Waals surface area contributed by atoms with Gasteiger partial charge in [0, 0.05) is 12.1 Å². The summed E-state index contributed by atoms with van der Waals surface area (Å²) in [7, 11) is 0. The minimum atomic E-state index is -1.08. The first kappa shape index (κ1) is 21.9. The van der Waals surface area contributed by atoms with Crippen LogP contribution in [-0.4, -0.2) is 83.1 Å². The smallest absolute Gasteiger partial charge is 0.320 e. The topological polar surface area (TPSA) is 130 Å². The van der Waals surface area contributed by atoms with E-state index < -0.39 is 35.6 Å². The van der Waals surface area contributed by atoms with Crippen LogP contribution >= 0.6 is 0 Å². The minimum Gasteiger partial charge on any atom is -0.463 e. The fourth-order valence-electron chi connectivity index (χ4n) is 4.45. The van der Waals surface area contributed by atoms with E-state index in [9.17, 15) is 24.0 Å². The largest absolute Gasteiger partial charge is 0.463 e. The number of nitrogens with two attached hydrogens (primary N) is 1. The Labute approximate surface area is 185 Å². The van der Waals surface area contributed by atoms with Crippen LogP contribution in [0.15, 0.2) is 18.2 Å². The van der Waals surface area contributed by atoms with Crippen molar-refractivity contribution in [2.45, 2.75) is 38.1 Å². The van der Waals surface area contributed by atoms with Gasteiger partial charge in [0.1, 0.15) is 12.6 Å². The molecule has 170 valence electrons. The molecule has 4 amide bonds. The molecule has 0 spiro atoms. The number of ether oxygens (including phenoxy) is 1. The van der Waals surface area contributed by atoms with Gasteiger partial charge in [-0.2, -0.15) is 0 Å². The molecule has 2 fully saturated rings. The van der Waals surface area contributed by atoms with Crippen LogP contribution in [0.25, 0.3) is 0 Å². The summed E-state index contributed by atoms with van der Waals surface area (Å²) in [5.74, 6) is -2.64. The van der Waals surface area contributed by atoms with Crippen LogP contribution in [0.2, 0.25) is 0 Å². The average Bonchev–Trinajstić information content (AvgIpc) is 3.01. The van der Waals surface area contributed by atoms with Gasteiger partial charge in [0.05, 0.1) is 24.2 Å². The second kappa shape index (κ2) is 9.07. The SMILES string of the molecule is Nc1ccc2c(c1)C(=O)N(C1CCC(=O)N(CCOC(=O)CN3CCCCC3)C1=O)C2=O. The maximum Gasteiger partial charge on any atom is 0.320 e. The Morgan fingerprint density at radius 3 is 2.50 bits per heavy atom. The lowest BCUT2D eigenvalue weighted by atomic mass is 10.0. The number of nitrogens with zero attached hydrogens (tertiary/aromatic N) is 3. The highest BCUT2D eigenvalue weighted by Gasteiger charge is 2.46. The molecule has 3 aliphatic heterocycles. The third-order valence-corrected chi connectivity index (χ3v) is 6.12. The van der Waals surface area contributed by atoms with E-state index in [0.29, 0.717) is 5.69 Å². The van der Waals surface area contributed by atoms with E-state index in [-0.39, 0.29) is 43.7 Å². The van der Waals surface area contributed by atoms with E-state index in [1.807, 2.05) is 4.90 Å². The van der Waals surface area contributed by atoms with Crippen molar-refractivity contribution in [2.75, 3.05) is 38.5 Å². The molecule has 0 saturated carbocycles. The Bertz CT molecular complexity index is 971. The van der Waals surface area contributed by atoms with Gasteiger partial charge in [-0.15, -0.1) is 0 Å². The van der Waals surface area contributed by atoms with Crippen LogP contribution in [0.4, 0.5) is 5.69 Å². The highest BCUT2D eigenvalue weighted by atomic mass is 16.5. The Hall–Kier alpha value is -3.27. The standard InChI is InChI=1S/C22H26N4O6/c23-14-4-5-15-16(12-14)21(30)26(20(15)29)17-6-7-18(27)25(22(17)31)10-11-32-19(28)13-24-8-2-1-3-9-24/h4-5,12,17H,1-3,6-11,13,23H2. The summed E-state index contributed by atoms with van der Waals surface area (Å²) in [6.07, 6.45) is 3.33. The van der Waals surface area contributed by atoms with E-state index in [2.05, 4.69) is 0 Å². The van der Waals surface area contributed by atoms with Gasteiger partial charge in [0.2, 0.25) is 5.91 Å². The molecule has 1 unspecified atom stereocenters. The van der Waals surface area contributed by atoms with Gasteiger partial charge < -0.3 is 10.5 Å². The van der Waals surface area contributed by atoms with Gasteiger partial charge in [-0.05, 0) is 50.6 Å². The second-order valence-electron chi connectivity index (χ2n) is 8.28. The Morgan fingerprint density at radius 2 is 1.75 bits per heavy atom. The monoisotopic (exact) mass is 442 g/mol. The van der Waals surface area contributed by atoms with E-state index >= 15 is 0 Å². The molecule has 4 rings (SSSR count). The minimum absolute atomic E-state index is 0.00761. The number of anilines is 1. The van der Waals surface area contributed by atoms with Gasteiger partial charge in [-0.25, -0.2) is 0 Å². The summed E-state index contributed by atoms with van der Waals surface area (Å²) >= 11 is 0. The summed E-state index contributed by atoms with van der Waals surface area (Å²) in [4.78, 5) is 66.9. The van der Waals surface area contributed by atoms with Gasteiger partial charge >= 0.3 is 5.97 Å². The van der Waals surface area contributed by atoms with Crippen molar-refractivity contribution in [3.05, 3.63) is 29.3 Å². The molecule has 3 aliphatic rings. The second-order valence-corrected chi connectivity index (χ2v) is 8.28. The van der Waals surface area contributed by atoms with E-state index in [1.165, 1.54) is 18.2 Å². The highest BCUT2D eigenvalue weighted by molar-refractivity contribution is 6.23. The number of hydrogen-bond donors (Lipinski definition) is 1. The molecule has 0 bridgehead atoms.